The summed E-state index contributed by atoms with van der Waals surface area (Å²) in [5.41, 5.74) is 1.71. The van der Waals surface area contributed by atoms with Crippen LogP contribution in [0.25, 0.3) is 11.3 Å². The zero-order chi connectivity index (χ0) is 17.8. The van der Waals surface area contributed by atoms with Gasteiger partial charge in [0.1, 0.15) is 17.3 Å². The lowest BCUT2D eigenvalue weighted by Gasteiger charge is -2.11. The molecule has 0 bridgehead atoms. The van der Waals surface area contributed by atoms with Gasteiger partial charge in [-0.15, -0.1) is 0 Å². The summed E-state index contributed by atoms with van der Waals surface area (Å²) in [6.07, 6.45) is 0. The average molecular weight is 340 g/mol. The lowest BCUT2D eigenvalue weighted by molar-refractivity contribution is 0.395. The van der Waals surface area contributed by atoms with Crippen molar-refractivity contribution in [3.63, 3.8) is 0 Å². The SMILES string of the molecule is COc1ccc(-c2ccc(=O)n(Cc3cccc(F)c3)n2)c(OC)c1. The van der Waals surface area contributed by atoms with E-state index >= 15 is 0 Å². The predicted octanol–water partition coefficient (Wildman–Crippen LogP) is 3.11. The van der Waals surface area contributed by atoms with Gasteiger partial charge in [0.25, 0.3) is 5.56 Å². The van der Waals surface area contributed by atoms with Crippen LogP contribution < -0.4 is 15.0 Å². The van der Waals surface area contributed by atoms with Crippen LogP contribution in [0.1, 0.15) is 5.56 Å². The van der Waals surface area contributed by atoms with Gasteiger partial charge in [0.2, 0.25) is 0 Å². The molecule has 3 aromatic rings. The summed E-state index contributed by atoms with van der Waals surface area (Å²) in [7, 11) is 3.13. The molecule has 0 saturated carbocycles. The first-order chi connectivity index (χ1) is 12.1. The molecule has 0 aliphatic rings. The quantitative estimate of drug-likeness (QED) is 0.716. The molecule has 0 spiro atoms. The van der Waals surface area contributed by atoms with Crippen molar-refractivity contribution < 1.29 is 13.9 Å². The summed E-state index contributed by atoms with van der Waals surface area (Å²) in [5.74, 6) is 0.898. The maximum atomic E-state index is 13.3. The first-order valence-corrected chi connectivity index (χ1v) is 7.65. The van der Waals surface area contributed by atoms with Gasteiger partial charge >= 0.3 is 0 Å². The number of benzene rings is 2. The van der Waals surface area contributed by atoms with Crippen molar-refractivity contribution in [1.82, 2.24) is 9.78 Å². The Kier molecular flexibility index (Phi) is 4.79. The molecule has 0 aliphatic heterocycles. The molecular formula is C19H17FN2O3. The maximum Gasteiger partial charge on any atom is 0.267 e. The van der Waals surface area contributed by atoms with Gasteiger partial charge in [0.15, 0.2) is 0 Å². The molecule has 5 nitrogen and oxygen atoms in total. The third-order valence-electron chi connectivity index (χ3n) is 3.77. The van der Waals surface area contributed by atoms with Gasteiger partial charge < -0.3 is 9.47 Å². The molecule has 128 valence electrons. The lowest BCUT2D eigenvalue weighted by atomic mass is 10.1. The van der Waals surface area contributed by atoms with E-state index in [0.717, 1.165) is 5.56 Å². The van der Waals surface area contributed by atoms with Crippen molar-refractivity contribution >= 4 is 0 Å². The minimum absolute atomic E-state index is 0.183. The van der Waals surface area contributed by atoms with Gasteiger partial charge in [-0.1, -0.05) is 12.1 Å². The molecule has 0 radical (unpaired) electrons. The molecule has 0 unspecified atom stereocenters. The first kappa shape index (κ1) is 16.7. The molecule has 0 amide bonds. The van der Waals surface area contributed by atoms with Crippen LogP contribution in [0, 0.1) is 5.82 Å². The summed E-state index contributed by atoms with van der Waals surface area (Å²) < 4.78 is 25.2. The second-order valence-electron chi connectivity index (χ2n) is 5.41. The highest BCUT2D eigenvalue weighted by Gasteiger charge is 2.11. The van der Waals surface area contributed by atoms with Crippen LogP contribution in [0.4, 0.5) is 4.39 Å². The number of hydrogen-bond donors (Lipinski definition) is 0. The lowest BCUT2D eigenvalue weighted by Crippen LogP contribution is -2.22. The summed E-state index contributed by atoms with van der Waals surface area (Å²) in [6, 6.07) is 14.5. The standard InChI is InChI=1S/C19H17FN2O3/c1-24-15-6-7-16(18(11-15)25-2)17-8-9-19(23)22(21-17)12-13-4-3-5-14(20)10-13/h3-11H,12H2,1-2H3. The number of methoxy groups -OCH3 is 2. The van der Waals surface area contributed by atoms with Crippen molar-refractivity contribution in [3.05, 3.63) is 76.3 Å². The fraction of sp³-hybridized carbons (Fsp3) is 0.158. The Balaban J connectivity index is 2.01. The molecular weight excluding hydrogens is 323 g/mol. The van der Waals surface area contributed by atoms with E-state index in [1.54, 1.807) is 44.6 Å². The molecule has 1 heterocycles. The molecule has 0 N–H and O–H groups in total. The molecule has 3 rings (SSSR count). The topological polar surface area (TPSA) is 53.4 Å². The Labute approximate surface area is 144 Å². The Hall–Kier alpha value is -3.15. The van der Waals surface area contributed by atoms with E-state index in [4.69, 9.17) is 9.47 Å². The van der Waals surface area contributed by atoms with Crippen molar-refractivity contribution in [2.75, 3.05) is 14.2 Å². The highest BCUT2D eigenvalue weighted by atomic mass is 19.1. The summed E-state index contributed by atoms with van der Waals surface area (Å²) in [5, 5.41) is 4.39. The van der Waals surface area contributed by atoms with E-state index in [-0.39, 0.29) is 17.9 Å². The molecule has 25 heavy (non-hydrogen) atoms. The van der Waals surface area contributed by atoms with Gasteiger partial charge in [-0.2, -0.15) is 5.10 Å². The zero-order valence-corrected chi connectivity index (χ0v) is 13.9. The summed E-state index contributed by atoms with van der Waals surface area (Å²) in [4.78, 5) is 12.1. The number of halogens is 1. The largest absolute Gasteiger partial charge is 0.497 e. The summed E-state index contributed by atoms with van der Waals surface area (Å²) >= 11 is 0. The fourth-order valence-corrected chi connectivity index (χ4v) is 2.52. The summed E-state index contributed by atoms with van der Waals surface area (Å²) in [6.45, 7) is 0.183. The van der Waals surface area contributed by atoms with Crippen LogP contribution in [0.2, 0.25) is 0 Å². The predicted molar refractivity (Wildman–Crippen MR) is 92.5 cm³/mol. The molecule has 0 aliphatic carbocycles. The van der Waals surface area contributed by atoms with Crippen molar-refractivity contribution in [2.24, 2.45) is 0 Å². The number of hydrogen-bond acceptors (Lipinski definition) is 4. The van der Waals surface area contributed by atoms with Crippen molar-refractivity contribution in [1.29, 1.82) is 0 Å². The fourth-order valence-electron chi connectivity index (χ4n) is 2.52. The number of rotatable bonds is 5. The highest BCUT2D eigenvalue weighted by molar-refractivity contribution is 5.68. The van der Waals surface area contributed by atoms with Gasteiger partial charge in [0.05, 0.1) is 26.5 Å². The van der Waals surface area contributed by atoms with Crippen LogP contribution in [0.5, 0.6) is 11.5 Å². The molecule has 0 fully saturated rings. The van der Waals surface area contributed by atoms with Crippen LogP contribution >= 0.6 is 0 Å². The normalized spacial score (nSPS) is 10.5. The first-order valence-electron chi connectivity index (χ1n) is 7.65. The van der Waals surface area contributed by atoms with Crippen LogP contribution in [0.15, 0.2) is 59.4 Å². The molecule has 6 heteroatoms. The number of aromatic nitrogens is 2. The van der Waals surface area contributed by atoms with Gasteiger partial charge in [0, 0.05) is 17.7 Å². The van der Waals surface area contributed by atoms with Crippen molar-refractivity contribution in [3.8, 4) is 22.8 Å². The van der Waals surface area contributed by atoms with Gasteiger partial charge in [-0.25, -0.2) is 9.07 Å². The number of ether oxygens (including phenoxy) is 2. The van der Waals surface area contributed by atoms with Crippen LogP contribution in [0.3, 0.4) is 0 Å². The van der Waals surface area contributed by atoms with E-state index < -0.39 is 0 Å². The zero-order valence-electron chi connectivity index (χ0n) is 13.9. The maximum absolute atomic E-state index is 13.3. The average Bonchev–Trinajstić information content (AvgIpc) is 2.63. The third-order valence-corrected chi connectivity index (χ3v) is 3.77. The van der Waals surface area contributed by atoms with Gasteiger partial charge in [-0.05, 0) is 35.9 Å². The Morgan fingerprint density at radius 2 is 1.88 bits per heavy atom. The Morgan fingerprint density at radius 1 is 1.04 bits per heavy atom. The van der Waals surface area contributed by atoms with E-state index in [0.29, 0.717) is 22.8 Å². The van der Waals surface area contributed by atoms with E-state index in [2.05, 4.69) is 5.10 Å². The third kappa shape index (κ3) is 3.68. The Bertz CT molecular complexity index is 953. The molecule has 0 saturated heterocycles. The molecule has 0 atom stereocenters. The van der Waals surface area contributed by atoms with E-state index in [9.17, 15) is 9.18 Å². The van der Waals surface area contributed by atoms with Crippen LogP contribution in [-0.2, 0) is 6.54 Å². The Morgan fingerprint density at radius 3 is 2.60 bits per heavy atom. The second-order valence-corrected chi connectivity index (χ2v) is 5.41. The minimum Gasteiger partial charge on any atom is -0.497 e. The monoisotopic (exact) mass is 340 g/mol. The minimum atomic E-state index is -0.349. The smallest absolute Gasteiger partial charge is 0.267 e. The second kappa shape index (κ2) is 7.17. The van der Waals surface area contributed by atoms with Gasteiger partial charge in [-0.3, -0.25) is 4.79 Å². The van der Waals surface area contributed by atoms with Crippen LogP contribution in [-0.4, -0.2) is 24.0 Å². The van der Waals surface area contributed by atoms with E-state index in [1.165, 1.54) is 22.9 Å². The highest BCUT2D eigenvalue weighted by Crippen LogP contribution is 2.31. The molecule has 1 aromatic heterocycles. The number of nitrogens with zero attached hydrogens (tertiary/aromatic N) is 2. The molecule has 2 aromatic carbocycles. The van der Waals surface area contributed by atoms with E-state index in [1.807, 2.05) is 6.07 Å². The van der Waals surface area contributed by atoms with Crippen molar-refractivity contribution in [2.45, 2.75) is 6.54 Å².